The Morgan fingerprint density at radius 2 is 1.83 bits per heavy atom. The second-order valence-corrected chi connectivity index (χ2v) is 6.26. The van der Waals surface area contributed by atoms with E-state index in [9.17, 15) is 9.18 Å². The number of carbonyl (C=O) groups is 1. The highest BCUT2D eigenvalue weighted by atomic mass is 79.9. The number of halogens is 3. The van der Waals surface area contributed by atoms with Gasteiger partial charge in [0, 0.05) is 10.5 Å². The average Bonchev–Trinajstić information content (AvgIpc) is 2.35. The Bertz CT molecular complexity index is 459. The number of hydrogen-bond acceptors (Lipinski definition) is 1. The van der Waals surface area contributed by atoms with Crippen LogP contribution in [-0.4, -0.2) is 11.9 Å². The molecule has 18 heavy (non-hydrogen) atoms. The summed E-state index contributed by atoms with van der Waals surface area (Å²) >= 11 is 6.38. The van der Waals surface area contributed by atoms with Crippen LogP contribution in [0.5, 0.6) is 0 Å². The molecule has 98 valence electrons. The van der Waals surface area contributed by atoms with E-state index >= 15 is 0 Å². The van der Waals surface area contributed by atoms with Crippen LogP contribution in [0.25, 0.3) is 0 Å². The average molecular weight is 379 g/mol. The number of carbonyl (C=O) groups excluding carboxylic acids is 1. The normalized spacial score (nSPS) is 16.6. The first-order chi connectivity index (χ1) is 8.58. The van der Waals surface area contributed by atoms with Gasteiger partial charge >= 0.3 is 0 Å². The van der Waals surface area contributed by atoms with Crippen molar-refractivity contribution in [3.05, 3.63) is 32.5 Å². The summed E-state index contributed by atoms with van der Waals surface area (Å²) in [7, 11) is 0. The monoisotopic (exact) mass is 377 g/mol. The van der Waals surface area contributed by atoms with Gasteiger partial charge in [0.25, 0.3) is 5.91 Å². The number of nitrogens with one attached hydrogen (secondary N) is 1. The molecule has 0 aliphatic heterocycles. The van der Waals surface area contributed by atoms with Crippen molar-refractivity contribution in [1.29, 1.82) is 0 Å². The van der Waals surface area contributed by atoms with Crippen LogP contribution in [0.15, 0.2) is 21.1 Å². The standard InChI is InChI=1S/C13H14Br2FNO/c14-10-7-11(15)12(16)6-9(10)13(18)17-8-4-2-1-3-5-8/h6-8H,1-5H2,(H,17,18). The molecule has 0 heterocycles. The Labute approximate surface area is 123 Å². The van der Waals surface area contributed by atoms with Gasteiger partial charge in [-0.2, -0.15) is 0 Å². The summed E-state index contributed by atoms with van der Waals surface area (Å²) in [5, 5.41) is 2.97. The summed E-state index contributed by atoms with van der Waals surface area (Å²) in [5.74, 6) is -0.632. The molecule has 1 aliphatic rings. The number of hydrogen-bond donors (Lipinski definition) is 1. The summed E-state index contributed by atoms with van der Waals surface area (Å²) < 4.78 is 14.4. The third-order valence-electron chi connectivity index (χ3n) is 3.19. The summed E-state index contributed by atoms with van der Waals surface area (Å²) in [4.78, 5) is 12.1. The van der Waals surface area contributed by atoms with E-state index in [1.54, 1.807) is 6.07 Å². The molecule has 1 N–H and O–H groups in total. The molecular formula is C13H14Br2FNO. The van der Waals surface area contributed by atoms with Gasteiger partial charge in [-0.15, -0.1) is 0 Å². The van der Waals surface area contributed by atoms with E-state index in [2.05, 4.69) is 37.2 Å². The highest BCUT2D eigenvalue weighted by Crippen LogP contribution is 2.26. The molecule has 0 radical (unpaired) electrons. The lowest BCUT2D eigenvalue weighted by Gasteiger charge is -2.23. The van der Waals surface area contributed by atoms with Crippen LogP contribution in [0.1, 0.15) is 42.5 Å². The fraction of sp³-hybridized carbons (Fsp3) is 0.462. The molecular weight excluding hydrogens is 365 g/mol. The Morgan fingerprint density at radius 3 is 2.50 bits per heavy atom. The van der Waals surface area contributed by atoms with Crippen molar-refractivity contribution in [3.63, 3.8) is 0 Å². The van der Waals surface area contributed by atoms with Crippen molar-refractivity contribution < 1.29 is 9.18 Å². The van der Waals surface area contributed by atoms with Crippen LogP contribution in [0.3, 0.4) is 0 Å². The molecule has 1 aliphatic carbocycles. The molecule has 2 rings (SSSR count). The number of rotatable bonds is 2. The van der Waals surface area contributed by atoms with Gasteiger partial charge in [0.15, 0.2) is 0 Å². The van der Waals surface area contributed by atoms with Crippen LogP contribution in [-0.2, 0) is 0 Å². The highest BCUT2D eigenvalue weighted by Gasteiger charge is 2.19. The van der Waals surface area contributed by atoms with E-state index < -0.39 is 5.82 Å². The molecule has 0 aromatic heterocycles. The predicted molar refractivity (Wildman–Crippen MR) is 76.1 cm³/mol. The Kier molecular flexibility index (Phi) is 4.78. The minimum atomic E-state index is -0.424. The van der Waals surface area contributed by atoms with Crippen LogP contribution < -0.4 is 5.32 Å². The largest absolute Gasteiger partial charge is 0.349 e. The molecule has 0 saturated heterocycles. The molecule has 0 atom stereocenters. The highest BCUT2D eigenvalue weighted by molar-refractivity contribution is 9.11. The van der Waals surface area contributed by atoms with Crippen molar-refractivity contribution in [1.82, 2.24) is 5.32 Å². The van der Waals surface area contributed by atoms with Crippen LogP contribution >= 0.6 is 31.9 Å². The fourth-order valence-corrected chi connectivity index (χ4v) is 3.38. The molecule has 1 aromatic rings. The molecule has 0 unspecified atom stereocenters. The van der Waals surface area contributed by atoms with Crippen molar-refractivity contribution in [3.8, 4) is 0 Å². The van der Waals surface area contributed by atoms with Gasteiger partial charge in [-0.05, 0) is 56.8 Å². The molecule has 1 fully saturated rings. The quantitative estimate of drug-likeness (QED) is 0.758. The second-order valence-electron chi connectivity index (χ2n) is 4.55. The molecule has 5 heteroatoms. The first-order valence-corrected chi connectivity index (χ1v) is 7.62. The number of amides is 1. The SMILES string of the molecule is O=C(NC1CCCCC1)c1cc(F)c(Br)cc1Br. The maximum atomic E-state index is 13.5. The molecule has 2 nitrogen and oxygen atoms in total. The van der Waals surface area contributed by atoms with E-state index in [1.165, 1.54) is 12.5 Å². The van der Waals surface area contributed by atoms with Gasteiger partial charge in [0.1, 0.15) is 5.82 Å². The lowest BCUT2D eigenvalue weighted by atomic mass is 9.95. The lowest BCUT2D eigenvalue weighted by Crippen LogP contribution is -2.36. The van der Waals surface area contributed by atoms with Gasteiger partial charge in [0.2, 0.25) is 0 Å². The van der Waals surface area contributed by atoms with Gasteiger partial charge in [-0.25, -0.2) is 4.39 Å². The minimum Gasteiger partial charge on any atom is -0.349 e. The zero-order valence-corrected chi connectivity index (χ0v) is 13.0. The van der Waals surface area contributed by atoms with Gasteiger partial charge in [-0.3, -0.25) is 4.79 Å². The predicted octanol–water partition coefficient (Wildman–Crippen LogP) is 4.41. The van der Waals surface area contributed by atoms with E-state index in [0.717, 1.165) is 25.7 Å². The second kappa shape index (κ2) is 6.15. The Balaban J connectivity index is 2.10. The molecule has 1 saturated carbocycles. The summed E-state index contributed by atoms with van der Waals surface area (Å²) in [6.07, 6.45) is 5.58. The first-order valence-electron chi connectivity index (χ1n) is 6.03. The molecule has 1 amide bonds. The van der Waals surface area contributed by atoms with Crippen molar-refractivity contribution in [2.45, 2.75) is 38.1 Å². The van der Waals surface area contributed by atoms with E-state index in [-0.39, 0.29) is 11.9 Å². The van der Waals surface area contributed by atoms with Gasteiger partial charge in [0.05, 0.1) is 10.0 Å². The first kappa shape index (κ1) is 14.0. The number of benzene rings is 1. The van der Waals surface area contributed by atoms with Gasteiger partial charge in [-0.1, -0.05) is 19.3 Å². The summed E-state index contributed by atoms with van der Waals surface area (Å²) in [6.45, 7) is 0. The Hall–Kier alpha value is -0.420. The zero-order chi connectivity index (χ0) is 13.1. The van der Waals surface area contributed by atoms with Crippen molar-refractivity contribution in [2.75, 3.05) is 0 Å². The van der Waals surface area contributed by atoms with Crippen LogP contribution in [0, 0.1) is 5.82 Å². The maximum Gasteiger partial charge on any atom is 0.252 e. The third-order valence-corrected chi connectivity index (χ3v) is 4.46. The molecule has 0 bridgehead atoms. The topological polar surface area (TPSA) is 29.1 Å². The van der Waals surface area contributed by atoms with Crippen molar-refractivity contribution >= 4 is 37.8 Å². The minimum absolute atomic E-state index is 0.208. The van der Waals surface area contributed by atoms with Crippen LogP contribution in [0.2, 0.25) is 0 Å². The van der Waals surface area contributed by atoms with E-state index in [0.29, 0.717) is 14.5 Å². The zero-order valence-electron chi connectivity index (χ0n) is 9.81. The lowest BCUT2D eigenvalue weighted by molar-refractivity contribution is 0.0926. The third kappa shape index (κ3) is 3.32. The van der Waals surface area contributed by atoms with E-state index in [4.69, 9.17) is 0 Å². The molecule has 0 spiro atoms. The fourth-order valence-electron chi connectivity index (χ4n) is 2.21. The van der Waals surface area contributed by atoms with E-state index in [1.807, 2.05) is 0 Å². The maximum absolute atomic E-state index is 13.5. The molecule has 1 aromatic carbocycles. The van der Waals surface area contributed by atoms with Crippen LogP contribution in [0.4, 0.5) is 4.39 Å². The summed E-state index contributed by atoms with van der Waals surface area (Å²) in [5.41, 5.74) is 0.348. The summed E-state index contributed by atoms with van der Waals surface area (Å²) in [6, 6.07) is 3.04. The Morgan fingerprint density at radius 1 is 1.17 bits per heavy atom. The van der Waals surface area contributed by atoms with Gasteiger partial charge < -0.3 is 5.32 Å². The van der Waals surface area contributed by atoms with Crippen molar-refractivity contribution in [2.24, 2.45) is 0 Å². The smallest absolute Gasteiger partial charge is 0.252 e.